The maximum absolute atomic E-state index is 11.9. The number of fused-ring (bicyclic) bond motifs is 1. The Balaban J connectivity index is 1.86. The molecular weight excluding hydrogens is 324 g/mol. The Labute approximate surface area is 157 Å². The number of hydrogen-bond acceptors (Lipinski definition) is 3. The lowest BCUT2D eigenvalue weighted by atomic mass is 9.71. The minimum Gasteiger partial charge on any atom is -0.457 e. The molecule has 0 radical (unpaired) electrons. The van der Waals surface area contributed by atoms with Gasteiger partial charge in [-0.3, -0.25) is 9.59 Å². The Morgan fingerprint density at radius 2 is 1.69 bits per heavy atom. The van der Waals surface area contributed by atoms with E-state index in [-0.39, 0.29) is 23.3 Å². The van der Waals surface area contributed by atoms with Crippen LogP contribution in [0.15, 0.2) is 47.1 Å². The van der Waals surface area contributed by atoms with Gasteiger partial charge in [0.15, 0.2) is 5.78 Å². The summed E-state index contributed by atoms with van der Waals surface area (Å²) in [5.74, 6) is -0.0872. The summed E-state index contributed by atoms with van der Waals surface area (Å²) < 4.78 is 5.39. The van der Waals surface area contributed by atoms with E-state index < -0.39 is 0 Å². The number of allylic oxidation sites excluding steroid dienone is 7. The number of rotatable bonds is 8. The van der Waals surface area contributed by atoms with Gasteiger partial charge >= 0.3 is 5.97 Å². The molecule has 1 aliphatic heterocycles. The monoisotopic (exact) mass is 356 g/mol. The summed E-state index contributed by atoms with van der Waals surface area (Å²) in [6.45, 7) is 8.60. The number of carbonyl (C=O) groups is 2. The highest BCUT2D eigenvalue weighted by Gasteiger charge is 2.49. The molecule has 0 aromatic rings. The second-order valence-corrected chi connectivity index (χ2v) is 8.12. The van der Waals surface area contributed by atoms with Crippen molar-refractivity contribution in [3.05, 3.63) is 47.1 Å². The zero-order valence-corrected chi connectivity index (χ0v) is 16.6. The molecule has 0 amide bonds. The molecule has 0 aromatic heterocycles. The highest BCUT2D eigenvalue weighted by atomic mass is 16.6. The predicted molar refractivity (Wildman–Crippen MR) is 106 cm³/mol. The fourth-order valence-electron chi connectivity index (χ4n) is 3.68. The number of ether oxygens (including phenoxy) is 1. The normalized spacial score (nSPS) is 25.9. The van der Waals surface area contributed by atoms with Crippen LogP contribution in [0, 0.1) is 5.41 Å². The van der Waals surface area contributed by atoms with Crippen molar-refractivity contribution in [1.29, 1.82) is 0 Å². The largest absolute Gasteiger partial charge is 0.457 e. The third-order valence-corrected chi connectivity index (χ3v) is 5.32. The Morgan fingerprint density at radius 1 is 1.04 bits per heavy atom. The highest BCUT2D eigenvalue weighted by molar-refractivity contribution is 5.92. The van der Waals surface area contributed by atoms with Gasteiger partial charge in [-0.25, -0.2) is 0 Å². The first-order valence-corrected chi connectivity index (χ1v) is 9.66. The first-order valence-electron chi connectivity index (χ1n) is 9.66. The van der Waals surface area contributed by atoms with Crippen LogP contribution in [0.25, 0.3) is 0 Å². The van der Waals surface area contributed by atoms with Gasteiger partial charge in [-0.1, -0.05) is 34.9 Å². The van der Waals surface area contributed by atoms with Crippen LogP contribution in [-0.2, 0) is 14.3 Å². The van der Waals surface area contributed by atoms with Gasteiger partial charge in [0, 0.05) is 11.8 Å². The van der Waals surface area contributed by atoms with E-state index in [2.05, 4.69) is 45.9 Å². The number of ketones is 1. The maximum atomic E-state index is 11.9. The maximum Gasteiger partial charge on any atom is 0.307 e. The molecule has 142 valence electrons. The molecular formula is C23H32O3. The van der Waals surface area contributed by atoms with Gasteiger partial charge in [-0.05, 0) is 72.0 Å². The van der Waals surface area contributed by atoms with Crippen LogP contribution in [-0.4, -0.2) is 17.9 Å². The third kappa shape index (κ3) is 5.82. The van der Waals surface area contributed by atoms with Crippen LogP contribution < -0.4 is 0 Å². The smallest absolute Gasteiger partial charge is 0.307 e. The standard InChI is InChI=1S/C23H32O3/c1-17(2)7-5-8-18(3)9-6-10-19(4)13-14-23-15-20(24)11-12-21(23)26-22(25)16-23/h7,9,11-13,21H,5-6,8,10,14-16H2,1-4H3/b18-9+,19-13+/t21-,23-/m1/s1. The predicted octanol–water partition coefficient (Wildman–Crippen LogP) is 5.63. The van der Waals surface area contributed by atoms with Crippen molar-refractivity contribution >= 4 is 11.8 Å². The Bertz CT molecular complexity index is 659. The molecule has 0 saturated carbocycles. The molecule has 2 aliphatic rings. The van der Waals surface area contributed by atoms with E-state index in [1.54, 1.807) is 12.2 Å². The molecule has 3 nitrogen and oxygen atoms in total. The highest BCUT2D eigenvalue weighted by Crippen LogP contribution is 2.45. The molecule has 1 aliphatic carbocycles. The summed E-state index contributed by atoms with van der Waals surface area (Å²) in [6, 6.07) is 0. The summed E-state index contributed by atoms with van der Waals surface area (Å²) in [6.07, 6.45) is 15.7. The first-order chi connectivity index (χ1) is 12.3. The Morgan fingerprint density at radius 3 is 2.38 bits per heavy atom. The van der Waals surface area contributed by atoms with Gasteiger partial charge in [0.25, 0.3) is 0 Å². The summed E-state index contributed by atoms with van der Waals surface area (Å²) in [5, 5.41) is 0. The van der Waals surface area contributed by atoms with E-state index in [4.69, 9.17) is 4.74 Å². The van der Waals surface area contributed by atoms with Crippen molar-refractivity contribution in [2.75, 3.05) is 0 Å². The van der Waals surface area contributed by atoms with Gasteiger partial charge in [-0.15, -0.1) is 0 Å². The molecule has 1 heterocycles. The molecule has 0 aromatic carbocycles. The van der Waals surface area contributed by atoms with E-state index in [1.807, 2.05) is 0 Å². The van der Waals surface area contributed by atoms with Gasteiger partial charge < -0.3 is 4.74 Å². The van der Waals surface area contributed by atoms with Gasteiger partial charge in [0.1, 0.15) is 6.10 Å². The first kappa shape index (κ1) is 20.4. The topological polar surface area (TPSA) is 43.4 Å². The van der Waals surface area contributed by atoms with Crippen molar-refractivity contribution in [3.8, 4) is 0 Å². The zero-order valence-electron chi connectivity index (χ0n) is 16.6. The van der Waals surface area contributed by atoms with Crippen molar-refractivity contribution in [2.24, 2.45) is 5.41 Å². The molecule has 0 spiro atoms. The fraction of sp³-hybridized carbons (Fsp3) is 0.565. The molecule has 3 heteroatoms. The van der Waals surface area contributed by atoms with E-state index in [9.17, 15) is 9.59 Å². The molecule has 2 rings (SSSR count). The molecule has 0 unspecified atom stereocenters. The molecule has 0 bridgehead atoms. The van der Waals surface area contributed by atoms with E-state index in [0.29, 0.717) is 12.8 Å². The lowest BCUT2D eigenvalue weighted by Gasteiger charge is -2.31. The summed E-state index contributed by atoms with van der Waals surface area (Å²) in [4.78, 5) is 23.6. The van der Waals surface area contributed by atoms with Gasteiger partial charge in [-0.2, -0.15) is 0 Å². The molecule has 1 saturated heterocycles. The van der Waals surface area contributed by atoms with Crippen molar-refractivity contribution in [3.63, 3.8) is 0 Å². The summed E-state index contributed by atoms with van der Waals surface area (Å²) in [7, 11) is 0. The number of esters is 1. The quantitative estimate of drug-likeness (QED) is 0.418. The lowest BCUT2D eigenvalue weighted by Crippen LogP contribution is -2.34. The second kappa shape index (κ2) is 9.16. The van der Waals surface area contributed by atoms with Crippen LogP contribution in [0.3, 0.4) is 0 Å². The lowest BCUT2D eigenvalue weighted by molar-refractivity contribution is -0.140. The van der Waals surface area contributed by atoms with E-state index in [1.165, 1.54) is 16.7 Å². The molecule has 26 heavy (non-hydrogen) atoms. The summed E-state index contributed by atoms with van der Waals surface area (Å²) >= 11 is 0. The molecule has 2 atom stereocenters. The summed E-state index contributed by atoms with van der Waals surface area (Å²) in [5.41, 5.74) is 3.76. The average molecular weight is 357 g/mol. The Hall–Kier alpha value is -1.90. The van der Waals surface area contributed by atoms with Crippen LogP contribution in [0.1, 0.15) is 72.6 Å². The minimum atomic E-state index is -0.361. The van der Waals surface area contributed by atoms with Gasteiger partial charge in [0.05, 0.1) is 6.42 Å². The van der Waals surface area contributed by atoms with Crippen LogP contribution in [0.4, 0.5) is 0 Å². The van der Waals surface area contributed by atoms with Crippen molar-refractivity contribution < 1.29 is 14.3 Å². The second-order valence-electron chi connectivity index (χ2n) is 8.12. The minimum absolute atomic E-state index is 0.0977. The number of carbonyl (C=O) groups excluding carboxylic acids is 2. The SMILES string of the molecule is CC(C)=CCC/C(C)=C/CC/C(C)=C/C[C@]12CC(=O)C=C[C@H]1OC(=O)C2. The van der Waals surface area contributed by atoms with E-state index in [0.717, 1.165) is 32.1 Å². The van der Waals surface area contributed by atoms with Crippen LogP contribution in [0.2, 0.25) is 0 Å². The van der Waals surface area contributed by atoms with Crippen molar-refractivity contribution in [2.45, 2.75) is 78.7 Å². The third-order valence-electron chi connectivity index (χ3n) is 5.32. The van der Waals surface area contributed by atoms with Crippen molar-refractivity contribution in [1.82, 2.24) is 0 Å². The van der Waals surface area contributed by atoms with Crippen LogP contribution in [0.5, 0.6) is 0 Å². The molecule has 1 fully saturated rings. The van der Waals surface area contributed by atoms with Crippen LogP contribution >= 0.6 is 0 Å². The zero-order chi connectivity index (χ0) is 19.2. The van der Waals surface area contributed by atoms with E-state index >= 15 is 0 Å². The fourth-order valence-corrected chi connectivity index (χ4v) is 3.68. The Kier molecular flexibility index (Phi) is 7.19. The average Bonchev–Trinajstić information content (AvgIpc) is 2.88. The molecule has 0 N–H and O–H groups in total. The number of hydrogen-bond donors (Lipinski definition) is 0. The van der Waals surface area contributed by atoms with Gasteiger partial charge in [0.2, 0.25) is 0 Å².